The molecule has 2 atom stereocenters. The summed E-state index contributed by atoms with van der Waals surface area (Å²) < 4.78 is 0. The van der Waals surface area contributed by atoms with E-state index in [4.69, 9.17) is 0 Å². The number of rotatable bonds is 5. The van der Waals surface area contributed by atoms with Gasteiger partial charge in [0.1, 0.15) is 0 Å². The average molecular weight is 234 g/mol. The van der Waals surface area contributed by atoms with E-state index < -0.39 is 0 Å². The van der Waals surface area contributed by atoms with Crippen LogP contribution in [0.1, 0.15) is 30.5 Å². The molecule has 0 spiro atoms. The summed E-state index contributed by atoms with van der Waals surface area (Å²) in [6.07, 6.45) is 5.64. The first kappa shape index (κ1) is 12.5. The van der Waals surface area contributed by atoms with Crippen molar-refractivity contribution in [2.24, 2.45) is 11.8 Å². The van der Waals surface area contributed by atoms with Gasteiger partial charge >= 0.3 is 0 Å². The van der Waals surface area contributed by atoms with Crippen LogP contribution in [0.5, 0.6) is 0 Å². The lowest BCUT2D eigenvalue weighted by Crippen LogP contribution is -2.26. The second kappa shape index (κ2) is 6.12. The highest BCUT2D eigenvalue weighted by atomic mass is 16.3. The minimum absolute atomic E-state index is 0.346. The third-order valence-corrected chi connectivity index (χ3v) is 3.76. The van der Waals surface area contributed by atoms with Gasteiger partial charge in [-0.3, -0.25) is 4.98 Å². The van der Waals surface area contributed by atoms with Crippen molar-refractivity contribution in [3.8, 4) is 0 Å². The predicted octanol–water partition coefficient (Wildman–Crippen LogP) is 1.89. The second-order valence-corrected chi connectivity index (χ2v) is 5.07. The van der Waals surface area contributed by atoms with Gasteiger partial charge in [-0.05, 0) is 49.8 Å². The Labute approximate surface area is 103 Å². The van der Waals surface area contributed by atoms with Gasteiger partial charge in [-0.1, -0.05) is 12.5 Å². The van der Waals surface area contributed by atoms with Crippen molar-refractivity contribution in [1.82, 2.24) is 10.3 Å². The third kappa shape index (κ3) is 3.51. The number of hydrogen-bond acceptors (Lipinski definition) is 3. The number of nitrogens with one attached hydrogen (secondary N) is 1. The molecule has 2 N–H and O–H groups in total. The molecule has 1 saturated carbocycles. The van der Waals surface area contributed by atoms with Crippen molar-refractivity contribution in [3.05, 3.63) is 29.6 Å². The van der Waals surface area contributed by atoms with Gasteiger partial charge < -0.3 is 10.4 Å². The highest BCUT2D eigenvalue weighted by Gasteiger charge is 2.25. The van der Waals surface area contributed by atoms with Gasteiger partial charge in [0.25, 0.3) is 0 Å². The molecule has 0 aromatic carbocycles. The van der Waals surface area contributed by atoms with E-state index >= 15 is 0 Å². The minimum atomic E-state index is 0.346. The van der Waals surface area contributed by atoms with Crippen LogP contribution in [0.2, 0.25) is 0 Å². The zero-order chi connectivity index (χ0) is 12.1. The Bertz CT molecular complexity index is 337. The maximum absolute atomic E-state index is 9.25. The molecule has 94 valence electrons. The summed E-state index contributed by atoms with van der Waals surface area (Å²) >= 11 is 0. The Balaban J connectivity index is 1.74. The van der Waals surface area contributed by atoms with Crippen LogP contribution in [0.4, 0.5) is 0 Å². The van der Waals surface area contributed by atoms with Crippen molar-refractivity contribution in [2.75, 3.05) is 13.2 Å². The normalized spacial score (nSPS) is 24.1. The fourth-order valence-electron chi connectivity index (χ4n) is 2.63. The Hall–Kier alpha value is -0.930. The summed E-state index contributed by atoms with van der Waals surface area (Å²) in [5.74, 6) is 1.16. The van der Waals surface area contributed by atoms with E-state index in [0.717, 1.165) is 18.8 Å². The standard InChI is InChI=1S/C14H22N2O/c1-11-5-6-12(8-16-11)7-15-9-13-3-2-4-14(13)10-17/h5-6,8,13-15,17H,2-4,7,9-10H2,1H3. The highest BCUT2D eigenvalue weighted by molar-refractivity contribution is 5.12. The van der Waals surface area contributed by atoms with Crippen molar-refractivity contribution < 1.29 is 5.11 Å². The first-order chi connectivity index (χ1) is 8.29. The molecule has 0 aliphatic heterocycles. The molecule has 1 aliphatic carbocycles. The molecule has 0 radical (unpaired) electrons. The number of nitrogens with zero attached hydrogens (tertiary/aromatic N) is 1. The van der Waals surface area contributed by atoms with Gasteiger partial charge in [0.05, 0.1) is 0 Å². The molecule has 0 bridgehead atoms. The van der Waals surface area contributed by atoms with Gasteiger partial charge in [-0.15, -0.1) is 0 Å². The summed E-state index contributed by atoms with van der Waals surface area (Å²) in [4.78, 5) is 4.28. The molecule has 2 unspecified atom stereocenters. The lowest BCUT2D eigenvalue weighted by atomic mass is 9.97. The SMILES string of the molecule is Cc1ccc(CNCC2CCCC2CO)cn1. The van der Waals surface area contributed by atoms with E-state index in [1.54, 1.807) is 0 Å². The van der Waals surface area contributed by atoms with Crippen LogP contribution in [-0.4, -0.2) is 23.2 Å². The van der Waals surface area contributed by atoms with Crippen LogP contribution in [0, 0.1) is 18.8 Å². The fraction of sp³-hybridized carbons (Fsp3) is 0.643. The zero-order valence-corrected chi connectivity index (χ0v) is 10.5. The van der Waals surface area contributed by atoms with Gasteiger partial charge in [0.15, 0.2) is 0 Å². The highest BCUT2D eigenvalue weighted by Crippen LogP contribution is 2.30. The van der Waals surface area contributed by atoms with Gasteiger partial charge in [-0.25, -0.2) is 0 Å². The Morgan fingerprint density at radius 2 is 2.18 bits per heavy atom. The zero-order valence-electron chi connectivity index (χ0n) is 10.5. The maximum Gasteiger partial charge on any atom is 0.0462 e. The van der Waals surface area contributed by atoms with Crippen LogP contribution < -0.4 is 5.32 Å². The maximum atomic E-state index is 9.25. The summed E-state index contributed by atoms with van der Waals surface area (Å²) in [5, 5.41) is 12.7. The van der Waals surface area contributed by atoms with E-state index in [1.807, 2.05) is 19.2 Å². The van der Waals surface area contributed by atoms with Crippen molar-refractivity contribution in [1.29, 1.82) is 0 Å². The van der Waals surface area contributed by atoms with Crippen LogP contribution in [0.25, 0.3) is 0 Å². The molecule has 1 aromatic heterocycles. The molecule has 0 saturated heterocycles. The van der Waals surface area contributed by atoms with E-state index in [2.05, 4.69) is 16.4 Å². The number of aliphatic hydroxyl groups excluding tert-OH is 1. The summed E-state index contributed by atoms with van der Waals surface area (Å²) in [7, 11) is 0. The topological polar surface area (TPSA) is 45.1 Å². The summed E-state index contributed by atoms with van der Waals surface area (Å²) in [6, 6.07) is 4.16. The van der Waals surface area contributed by atoms with Crippen molar-refractivity contribution in [2.45, 2.75) is 32.7 Å². The molecular weight excluding hydrogens is 212 g/mol. The second-order valence-electron chi connectivity index (χ2n) is 5.07. The van der Waals surface area contributed by atoms with Crippen LogP contribution in [0.15, 0.2) is 18.3 Å². The van der Waals surface area contributed by atoms with Gasteiger partial charge in [0.2, 0.25) is 0 Å². The van der Waals surface area contributed by atoms with Crippen LogP contribution >= 0.6 is 0 Å². The number of hydrogen-bond donors (Lipinski definition) is 2. The lowest BCUT2D eigenvalue weighted by molar-refractivity contribution is 0.192. The first-order valence-electron chi connectivity index (χ1n) is 6.52. The molecule has 0 amide bonds. The van der Waals surface area contributed by atoms with E-state index in [1.165, 1.54) is 24.8 Å². The van der Waals surface area contributed by atoms with Crippen molar-refractivity contribution in [3.63, 3.8) is 0 Å². The van der Waals surface area contributed by atoms with Crippen molar-refractivity contribution >= 4 is 0 Å². The monoisotopic (exact) mass is 234 g/mol. The first-order valence-corrected chi connectivity index (χ1v) is 6.52. The quantitative estimate of drug-likeness (QED) is 0.817. The number of pyridine rings is 1. The molecule has 17 heavy (non-hydrogen) atoms. The van der Waals surface area contributed by atoms with Crippen LogP contribution in [-0.2, 0) is 6.54 Å². The Morgan fingerprint density at radius 3 is 2.88 bits per heavy atom. The molecule has 3 heteroatoms. The predicted molar refractivity (Wildman–Crippen MR) is 68.6 cm³/mol. The molecular formula is C14H22N2O. The summed E-state index contributed by atoms with van der Waals surface area (Å²) in [5.41, 5.74) is 2.29. The number of aromatic nitrogens is 1. The molecule has 1 fully saturated rings. The fourth-order valence-corrected chi connectivity index (χ4v) is 2.63. The average Bonchev–Trinajstić information content (AvgIpc) is 2.79. The van der Waals surface area contributed by atoms with E-state index in [-0.39, 0.29) is 0 Å². The lowest BCUT2D eigenvalue weighted by Gasteiger charge is -2.17. The Morgan fingerprint density at radius 1 is 1.35 bits per heavy atom. The third-order valence-electron chi connectivity index (χ3n) is 3.76. The molecule has 1 heterocycles. The molecule has 1 aromatic rings. The largest absolute Gasteiger partial charge is 0.396 e. The van der Waals surface area contributed by atoms with E-state index in [9.17, 15) is 5.11 Å². The van der Waals surface area contributed by atoms with Crippen LogP contribution in [0.3, 0.4) is 0 Å². The van der Waals surface area contributed by atoms with Gasteiger partial charge in [0, 0.05) is 25.0 Å². The van der Waals surface area contributed by atoms with E-state index in [0.29, 0.717) is 18.4 Å². The minimum Gasteiger partial charge on any atom is -0.396 e. The molecule has 3 nitrogen and oxygen atoms in total. The smallest absolute Gasteiger partial charge is 0.0462 e. The number of aryl methyl sites for hydroxylation is 1. The molecule has 2 rings (SSSR count). The Kier molecular flexibility index (Phi) is 4.51. The molecule has 1 aliphatic rings. The van der Waals surface area contributed by atoms with Gasteiger partial charge in [-0.2, -0.15) is 0 Å². The summed E-state index contributed by atoms with van der Waals surface area (Å²) in [6.45, 7) is 4.24. The number of aliphatic hydroxyl groups is 1.